The number of hydrogen-bond donors (Lipinski definition) is 0. The molecule has 0 atom stereocenters. The molecule has 0 fully saturated rings. The Hall–Kier alpha value is -0.0431. The number of carbonyl (C=O) groups excluding carboxylic acids is 1. The molecule has 6 heteroatoms. The molecule has 1 aromatic rings. The standard InChI is InChI=1S/C15H23Br2NO2Si/c1-7-10-13(16)11(8-19)18-12(14(10)17)9-20-21(5,6)15(2,3)4/h8H,7,9H2,1-6H3. The zero-order chi connectivity index (χ0) is 16.4. The summed E-state index contributed by atoms with van der Waals surface area (Å²) in [7, 11) is -1.84. The second kappa shape index (κ2) is 7.02. The van der Waals surface area contributed by atoms with E-state index in [2.05, 4.69) is 77.6 Å². The van der Waals surface area contributed by atoms with Gasteiger partial charge in [-0.15, -0.1) is 0 Å². The maximum atomic E-state index is 11.2. The lowest BCUT2D eigenvalue weighted by molar-refractivity contribution is 0.111. The fraction of sp³-hybridized carbons (Fsp3) is 0.600. The van der Waals surface area contributed by atoms with Gasteiger partial charge in [0.25, 0.3) is 0 Å². The number of aromatic nitrogens is 1. The van der Waals surface area contributed by atoms with Crippen LogP contribution in [-0.2, 0) is 17.5 Å². The highest BCUT2D eigenvalue weighted by molar-refractivity contribution is 9.11. The molecule has 0 aliphatic rings. The normalized spacial score (nSPS) is 12.6. The first kappa shape index (κ1) is 19.0. The Labute approximate surface area is 145 Å². The van der Waals surface area contributed by atoms with Crippen LogP contribution in [0, 0.1) is 0 Å². The molecule has 0 amide bonds. The summed E-state index contributed by atoms with van der Waals surface area (Å²) in [5.41, 5.74) is 2.28. The largest absolute Gasteiger partial charge is 0.411 e. The lowest BCUT2D eigenvalue weighted by atomic mass is 10.1. The second-order valence-electron chi connectivity index (χ2n) is 6.57. The highest BCUT2D eigenvalue weighted by atomic mass is 79.9. The number of pyridine rings is 1. The van der Waals surface area contributed by atoms with Gasteiger partial charge in [-0.3, -0.25) is 4.79 Å². The van der Waals surface area contributed by atoms with Crippen LogP contribution in [0.2, 0.25) is 18.1 Å². The molecule has 3 nitrogen and oxygen atoms in total. The predicted octanol–water partition coefficient (Wildman–Crippen LogP) is 5.50. The molecule has 0 spiro atoms. The van der Waals surface area contributed by atoms with Crippen molar-refractivity contribution >= 4 is 46.5 Å². The molecule has 21 heavy (non-hydrogen) atoms. The Morgan fingerprint density at radius 1 is 1.24 bits per heavy atom. The lowest BCUT2D eigenvalue weighted by Gasteiger charge is -2.36. The van der Waals surface area contributed by atoms with Gasteiger partial charge in [0.05, 0.1) is 16.8 Å². The predicted molar refractivity (Wildman–Crippen MR) is 96.4 cm³/mol. The van der Waals surface area contributed by atoms with E-state index in [1.54, 1.807) is 0 Å². The molecule has 0 saturated carbocycles. The van der Waals surface area contributed by atoms with Gasteiger partial charge in [0, 0.05) is 4.47 Å². The van der Waals surface area contributed by atoms with Crippen LogP contribution in [0.5, 0.6) is 0 Å². The molecule has 1 heterocycles. The van der Waals surface area contributed by atoms with Gasteiger partial charge < -0.3 is 4.43 Å². The fourth-order valence-electron chi connectivity index (χ4n) is 1.62. The molecule has 0 unspecified atom stereocenters. The molecule has 1 rings (SSSR count). The van der Waals surface area contributed by atoms with Crippen molar-refractivity contribution in [1.29, 1.82) is 0 Å². The molecule has 1 aromatic heterocycles. The van der Waals surface area contributed by atoms with Crippen molar-refractivity contribution in [3.63, 3.8) is 0 Å². The summed E-state index contributed by atoms with van der Waals surface area (Å²) in [6.45, 7) is 13.5. The van der Waals surface area contributed by atoms with Crippen molar-refractivity contribution in [2.45, 2.75) is 58.9 Å². The molecule has 0 N–H and O–H groups in total. The highest BCUT2D eigenvalue weighted by Gasteiger charge is 2.37. The van der Waals surface area contributed by atoms with E-state index in [4.69, 9.17) is 4.43 Å². The first-order valence-corrected chi connectivity index (χ1v) is 11.5. The molecular formula is C15H23Br2NO2Si. The van der Waals surface area contributed by atoms with Gasteiger partial charge in [-0.25, -0.2) is 4.98 Å². The highest BCUT2D eigenvalue weighted by Crippen LogP contribution is 2.38. The van der Waals surface area contributed by atoms with Gasteiger partial charge in [0.1, 0.15) is 5.69 Å². The third-order valence-electron chi connectivity index (χ3n) is 4.10. The van der Waals surface area contributed by atoms with Crippen molar-refractivity contribution in [2.75, 3.05) is 0 Å². The number of nitrogens with zero attached hydrogens (tertiary/aromatic N) is 1. The van der Waals surface area contributed by atoms with Crippen LogP contribution in [0.1, 0.15) is 49.4 Å². The summed E-state index contributed by atoms with van der Waals surface area (Å²) in [5, 5.41) is 0.149. The Bertz CT molecular complexity index is 539. The van der Waals surface area contributed by atoms with Crippen LogP contribution in [0.15, 0.2) is 8.95 Å². The summed E-state index contributed by atoms with van der Waals surface area (Å²) >= 11 is 7.05. The summed E-state index contributed by atoms with van der Waals surface area (Å²) < 4.78 is 7.91. The molecule has 0 aliphatic carbocycles. The number of hydrogen-bond acceptors (Lipinski definition) is 3. The lowest BCUT2D eigenvalue weighted by Crippen LogP contribution is -2.40. The van der Waals surface area contributed by atoms with Crippen molar-refractivity contribution in [2.24, 2.45) is 0 Å². The third kappa shape index (κ3) is 4.24. The van der Waals surface area contributed by atoms with Crippen LogP contribution in [-0.4, -0.2) is 19.6 Å². The Morgan fingerprint density at radius 3 is 2.24 bits per heavy atom. The van der Waals surface area contributed by atoms with Crippen LogP contribution in [0.25, 0.3) is 0 Å². The van der Waals surface area contributed by atoms with E-state index < -0.39 is 8.32 Å². The van der Waals surface area contributed by atoms with Crippen molar-refractivity contribution < 1.29 is 9.22 Å². The van der Waals surface area contributed by atoms with E-state index in [1.807, 2.05) is 0 Å². The summed E-state index contributed by atoms with van der Waals surface area (Å²) in [5.74, 6) is 0. The van der Waals surface area contributed by atoms with Gasteiger partial charge in [0.2, 0.25) is 0 Å². The van der Waals surface area contributed by atoms with Crippen LogP contribution >= 0.6 is 31.9 Å². The topological polar surface area (TPSA) is 39.2 Å². The molecule has 0 aliphatic heterocycles. The van der Waals surface area contributed by atoms with E-state index in [1.165, 1.54) is 0 Å². The average Bonchev–Trinajstić information content (AvgIpc) is 2.37. The van der Waals surface area contributed by atoms with Gasteiger partial charge in [-0.2, -0.15) is 0 Å². The van der Waals surface area contributed by atoms with Crippen molar-refractivity contribution in [3.8, 4) is 0 Å². The number of halogens is 2. The Balaban J connectivity index is 3.13. The van der Waals surface area contributed by atoms with E-state index in [0.717, 1.165) is 32.9 Å². The van der Waals surface area contributed by atoms with E-state index >= 15 is 0 Å². The van der Waals surface area contributed by atoms with Gasteiger partial charge in [0.15, 0.2) is 14.6 Å². The molecule has 118 valence electrons. The quantitative estimate of drug-likeness (QED) is 0.451. The van der Waals surface area contributed by atoms with Crippen molar-refractivity contribution in [1.82, 2.24) is 4.98 Å². The van der Waals surface area contributed by atoms with Gasteiger partial charge >= 0.3 is 0 Å². The molecule has 0 saturated heterocycles. The minimum atomic E-state index is -1.84. The van der Waals surface area contributed by atoms with Gasteiger partial charge in [-0.1, -0.05) is 27.7 Å². The molecule has 0 bridgehead atoms. The summed E-state index contributed by atoms with van der Waals surface area (Å²) in [4.78, 5) is 15.6. The third-order valence-corrected chi connectivity index (χ3v) is 10.4. The van der Waals surface area contributed by atoms with E-state index in [9.17, 15) is 4.79 Å². The zero-order valence-corrected chi connectivity index (χ0v) is 17.7. The smallest absolute Gasteiger partial charge is 0.192 e. The fourth-order valence-corrected chi connectivity index (χ4v) is 4.16. The molecular weight excluding hydrogens is 414 g/mol. The van der Waals surface area contributed by atoms with E-state index in [-0.39, 0.29) is 5.04 Å². The Morgan fingerprint density at radius 2 is 1.81 bits per heavy atom. The number of carbonyl (C=O) groups is 1. The Kier molecular flexibility index (Phi) is 6.36. The van der Waals surface area contributed by atoms with Crippen LogP contribution in [0.3, 0.4) is 0 Å². The van der Waals surface area contributed by atoms with Crippen LogP contribution in [0.4, 0.5) is 0 Å². The summed E-state index contributed by atoms with van der Waals surface area (Å²) in [6, 6.07) is 0. The first-order valence-electron chi connectivity index (χ1n) is 7.01. The zero-order valence-electron chi connectivity index (χ0n) is 13.5. The number of aldehydes is 1. The second-order valence-corrected chi connectivity index (χ2v) is 13.0. The molecule has 0 aromatic carbocycles. The SMILES string of the molecule is CCc1c(Br)c(C=O)nc(CO[Si](C)(C)C(C)(C)C)c1Br. The van der Waals surface area contributed by atoms with Crippen LogP contribution < -0.4 is 0 Å². The minimum Gasteiger partial charge on any atom is -0.411 e. The van der Waals surface area contributed by atoms with E-state index in [0.29, 0.717) is 12.3 Å². The summed E-state index contributed by atoms with van der Waals surface area (Å²) in [6.07, 6.45) is 1.60. The van der Waals surface area contributed by atoms with Crippen molar-refractivity contribution in [3.05, 3.63) is 25.9 Å². The first-order chi connectivity index (χ1) is 9.55. The molecule has 0 radical (unpaired) electrons. The number of rotatable bonds is 5. The minimum absolute atomic E-state index is 0.149. The maximum absolute atomic E-state index is 11.2. The maximum Gasteiger partial charge on any atom is 0.192 e. The van der Waals surface area contributed by atoms with Gasteiger partial charge in [-0.05, 0) is 62.0 Å². The monoisotopic (exact) mass is 435 g/mol. The average molecular weight is 437 g/mol.